The fourth-order valence-electron chi connectivity index (χ4n) is 2.88. The maximum atomic E-state index is 12.4. The van der Waals surface area contributed by atoms with Crippen LogP contribution in [0.15, 0.2) is 12.2 Å². The van der Waals surface area contributed by atoms with E-state index in [0.717, 1.165) is 25.7 Å². The quantitative estimate of drug-likeness (QED) is 0.763. The Kier molecular flexibility index (Phi) is 4.93. The summed E-state index contributed by atoms with van der Waals surface area (Å²) in [5.74, 6) is 0.706. The van der Waals surface area contributed by atoms with Gasteiger partial charge in [0, 0.05) is 11.8 Å². The second-order valence-corrected chi connectivity index (χ2v) is 5.92. The molecule has 0 radical (unpaired) electrons. The summed E-state index contributed by atoms with van der Waals surface area (Å²) >= 11 is 0. The molecule has 2 heteroatoms. The van der Waals surface area contributed by atoms with Crippen molar-refractivity contribution in [2.45, 2.75) is 59.0 Å². The minimum Gasteiger partial charge on any atom is -0.390 e. The fourth-order valence-corrected chi connectivity index (χ4v) is 2.88. The molecule has 1 saturated carbocycles. The normalized spacial score (nSPS) is 31.1. The van der Waals surface area contributed by atoms with Crippen LogP contribution in [-0.4, -0.2) is 16.5 Å². The van der Waals surface area contributed by atoms with Gasteiger partial charge in [0.2, 0.25) is 0 Å². The molecule has 3 unspecified atom stereocenters. The lowest BCUT2D eigenvalue weighted by Gasteiger charge is -2.38. The van der Waals surface area contributed by atoms with Gasteiger partial charge in [-0.1, -0.05) is 19.1 Å². The molecule has 17 heavy (non-hydrogen) atoms. The summed E-state index contributed by atoms with van der Waals surface area (Å²) in [4.78, 5) is 12.4. The lowest BCUT2D eigenvalue weighted by molar-refractivity contribution is -0.140. The molecule has 1 aliphatic rings. The predicted octanol–water partition coefficient (Wildman–Crippen LogP) is 3.35. The zero-order valence-corrected chi connectivity index (χ0v) is 11.6. The van der Waals surface area contributed by atoms with Gasteiger partial charge < -0.3 is 5.11 Å². The van der Waals surface area contributed by atoms with Gasteiger partial charge in [0.1, 0.15) is 5.78 Å². The third kappa shape index (κ3) is 3.67. The van der Waals surface area contributed by atoms with E-state index in [2.05, 4.69) is 13.0 Å². The summed E-state index contributed by atoms with van der Waals surface area (Å²) < 4.78 is 0. The van der Waals surface area contributed by atoms with Crippen LogP contribution >= 0.6 is 0 Å². The number of carbonyl (C=O) groups excluding carboxylic acids is 1. The molecule has 0 bridgehead atoms. The van der Waals surface area contributed by atoms with Gasteiger partial charge in [-0.3, -0.25) is 4.79 Å². The number of hydrogen-bond acceptors (Lipinski definition) is 2. The minimum absolute atomic E-state index is 0.136. The van der Waals surface area contributed by atoms with E-state index in [1.165, 1.54) is 0 Å². The van der Waals surface area contributed by atoms with E-state index in [-0.39, 0.29) is 17.6 Å². The topological polar surface area (TPSA) is 37.3 Å². The molecule has 1 aliphatic carbocycles. The Morgan fingerprint density at radius 2 is 2.06 bits per heavy atom. The first-order valence-electron chi connectivity index (χ1n) is 6.75. The van der Waals surface area contributed by atoms with Crippen molar-refractivity contribution in [3.05, 3.63) is 12.2 Å². The van der Waals surface area contributed by atoms with Crippen LogP contribution in [0.2, 0.25) is 0 Å². The van der Waals surface area contributed by atoms with Crippen molar-refractivity contribution >= 4 is 5.78 Å². The Bertz CT molecular complexity index is 286. The van der Waals surface area contributed by atoms with Gasteiger partial charge in [0.25, 0.3) is 0 Å². The monoisotopic (exact) mass is 238 g/mol. The summed E-state index contributed by atoms with van der Waals surface area (Å²) in [6.45, 7) is 7.69. The van der Waals surface area contributed by atoms with Gasteiger partial charge in [-0.2, -0.15) is 0 Å². The van der Waals surface area contributed by atoms with Gasteiger partial charge in [0.05, 0.1) is 5.60 Å². The summed E-state index contributed by atoms with van der Waals surface area (Å²) in [6.07, 6.45) is 7.94. The lowest BCUT2D eigenvalue weighted by atomic mass is 9.67. The van der Waals surface area contributed by atoms with Crippen molar-refractivity contribution in [2.24, 2.45) is 17.8 Å². The Balaban J connectivity index is 2.70. The smallest absolute Gasteiger partial charge is 0.142 e. The zero-order chi connectivity index (χ0) is 13.1. The molecule has 0 amide bonds. The number of hydrogen-bond donors (Lipinski definition) is 1. The molecular weight excluding hydrogens is 212 g/mol. The third-order valence-corrected chi connectivity index (χ3v) is 4.04. The number of rotatable bonds is 4. The van der Waals surface area contributed by atoms with Crippen molar-refractivity contribution in [1.29, 1.82) is 0 Å². The molecule has 0 heterocycles. The summed E-state index contributed by atoms with van der Waals surface area (Å²) in [5.41, 5.74) is -0.865. The molecule has 1 N–H and O–H groups in total. The van der Waals surface area contributed by atoms with Crippen LogP contribution in [0, 0.1) is 17.8 Å². The summed E-state index contributed by atoms with van der Waals surface area (Å²) in [5, 5.41) is 10.1. The van der Waals surface area contributed by atoms with E-state index in [1.807, 2.05) is 13.0 Å². The Labute approximate surface area is 105 Å². The highest BCUT2D eigenvalue weighted by Gasteiger charge is 2.41. The standard InChI is InChI=1S/C15H26O2/c1-5-6-7-8-12-11(2)9-10-13(14(12)16)15(3,4)17/h5-6,11-13,17H,7-10H2,1-4H3/b6-5+. The van der Waals surface area contributed by atoms with E-state index >= 15 is 0 Å². The number of ketones is 1. The van der Waals surface area contributed by atoms with Crippen molar-refractivity contribution in [3.63, 3.8) is 0 Å². The summed E-state index contributed by atoms with van der Waals surface area (Å²) in [6, 6.07) is 0. The van der Waals surface area contributed by atoms with Crippen LogP contribution in [0.1, 0.15) is 53.4 Å². The number of Topliss-reactive ketones (excluding diaryl/α,β-unsaturated/α-hetero) is 1. The molecule has 1 fully saturated rings. The maximum Gasteiger partial charge on any atom is 0.142 e. The highest BCUT2D eigenvalue weighted by Crippen LogP contribution is 2.38. The van der Waals surface area contributed by atoms with E-state index in [0.29, 0.717) is 5.92 Å². The third-order valence-electron chi connectivity index (χ3n) is 4.04. The van der Waals surface area contributed by atoms with Gasteiger partial charge in [0.15, 0.2) is 0 Å². The largest absolute Gasteiger partial charge is 0.390 e. The number of carbonyl (C=O) groups is 1. The molecule has 2 nitrogen and oxygen atoms in total. The predicted molar refractivity (Wildman–Crippen MR) is 70.7 cm³/mol. The first kappa shape index (κ1) is 14.4. The highest BCUT2D eigenvalue weighted by atomic mass is 16.3. The first-order chi connectivity index (χ1) is 7.88. The zero-order valence-electron chi connectivity index (χ0n) is 11.6. The van der Waals surface area contributed by atoms with E-state index in [1.54, 1.807) is 13.8 Å². The average molecular weight is 238 g/mol. The van der Waals surface area contributed by atoms with Crippen LogP contribution in [0.25, 0.3) is 0 Å². The molecule has 0 saturated heterocycles. The molecule has 0 spiro atoms. The second kappa shape index (κ2) is 5.81. The molecule has 0 aliphatic heterocycles. The molecule has 0 aromatic rings. The maximum absolute atomic E-state index is 12.4. The van der Waals surface area contributed by atoms with Crippen LogP contribution in [-0.2, 0) is 4.79 Å². The van der Waals surface area contributed by atoms with Crippen molar-refractivity contribution < 1.29 is 9.90 Å². The van der Waals surface area contributed by atoms with Gasteiger partial charge >= 0.3 is 0 Å². The molecule has 0 aromatic heterocycles. The summed E-state index contributed by atoms with van der Waals surface area (Å²) in [7, 11) is 0. The lowest BCUT2D eigenvalue weighted by Crippen LogP contribution is -2.44. The van der Waals surface area contributed by atoms with Crippen LogP contribution in [0.4, 0.5) is 0 Å². The Morgan fingerprint density at radius 3 is 2.59 bits per heavy atom. The SMILES string of the molecule is C/C=C/CCC1C(=O)C(C(C)(C)O)CCC1C. The van der Waals surface area contributed by atoms with Crippen molar-refractivity contribution in [3.8, 4) is 0 Å². The minimum atomic E-state index is -0.865. The Hall–Kier alpha value is -0.630. The van der Waals surface area contributed by atoms with Crippen molar-refractivity contribution in [1.82, 2.24) is 0 Å². The van der Waals surface area contributed by atoms with Crippen molar-refractivity contribution in [2.75, 3.05) is 0 Å². The number of allylic oxidation sites excluding steroid dienone is 2. The Morgan fingerprint density at radius 1 is 1.41 bits per heavy atom. The molecule has 3 atom stereocenters. The molecule has 1 rings (SSSR count). The van der Waals surface area contributed by atoms with Crippen LogP contribution in [0.3, 0.4) is 0 Å². The van der Waals surface area contributed by atoms with E-state index in [4.69, 9.17) is 0 Å². The fraction of sp³-hybridized carbons (Fsp3) is 0.800. The second-order valence-electron chi connectivity index (χ2n) is 5.92. The number of aliphatic hydroxyl groups is 1. The highest BCUT2D eigenvalue weighted by molar-refractivity contribution is 5.85. The molecule has 98 valence electrons. The first-order valence-corrected chi connectivity index (χ1v) is 6.75. The van der Waals surface area contributed by atoms with Crippen LogP contribution < -0.4 is 0 Å². The average Bonchev–Trinajstić information content (AvgIpc) is 2.21. The van der Waals surface area contributed by atoms with Gasteiger partial charge in [-0.05, 0) is 52.4 Å². The van der Waals surface area contributed by atoms with E-state index in [9.17, 15) is 9.90 Å². The molecular formula is C15H26O2. The van der Waals surface area contributed by atoms with Gasteiger partial charge in [-0.25, -0.2) is 0 Å². The molecule has 0 aromatic carbocycles. The van der Waals surface area contributed by atoms with Gasteiger partial charge in [-0.15, -0.1) is 0 Å². The van der Waals surface area contributed by atoms with Crippen LogP contribution in [0.5, 0.6) is 0 Å². The van der Waals surface area contributed by atoms with E-state index < -0.39 is 5.60 Å².